The Bertz CT molecular complexity index is 796. The average Bonchev–Trinajstić information content (AvgIpc) is 3.03. The molecule has 272 valence electrons. The van der Waals surface area contributed by atoms with Crippen LogP contribution in [0, 0.1) is 0 Å². The first-order valence-corrected chi connectivity index (χ1v) is 20.0. The maximum Gasteiger partial charge on any atom is 0.472 e. The number of nitrogens with two attached hydrogens (primary N) is 1. The number of aliphatic hydroxyl groups is 2. The van der Waals surface area contributed by atoms with Crippen LogP contribution in [0.3, 0.4) is 0 Å². The van der Waals surface area contributed by atoms with Gasteiger partial charge in [0.05, 0.1) is 37.9 Å². The van der Waals surface area contributed by atoms with E-state index in [2.05, 4.69) is 31.3 Å². The molecule has 6 N–H and O–H groups in total. The zero-order valence-corrected chi connectivity index (χ0v) is 30.3. The van der Waals surface area contributed by atoms with Crippen molar-refractivity contribution in [2.24, 2.45) is 5.73 Å². The number of allylic oxidation sites excluding steroid dienone is 3. The smallest absolute Gasteiger partial charge is 0.393 e. The second kappa shape index (κ2) is 32.5. The van der Waals surface area contributed by atoms with Crippen LogP contribution >= 0.6 is 7.82 Å². The standard InChI is InChI=1S/C36H71N2O7P/c1-3-5-7-9-11-13-14-15-16-17-18-20-21-23-25-27-33(39)31-36(41)38-34(32-45-46(42,43)44-30-29-37)35(40)28-26-24-22-19-12-10-8-6-4-2/h12,19,26,28,33-35,39-40H,3-11,13-18,20-25,27,29-32,37H2,1-2H3,(H,38,41)(H,42,43)/b19-12+,28-26+. The van der Waals surface area contributed by atoms with Gasteiger partial charge in [-0.2, -0.15) is 0 Å². The molecule has 0 aliphatic carbocycles. The molecule has 9 nitrogen and oxygen atoms in total. The van der Waals surface area contributed by atoms with Crippen LogP contribution in [-0.4, -0.2) is 59.0 Å². The molecule has 4 unspecified atom stereocenters. The lowest BCUT2D eigenvalue weighted by Crippen LogP contribution is -2.46. The predicted molar refractivity (Wildman–Crippen MR) is 191 cm³/mol. The molecule has 0 aliphatic rings. The third-order valence-electron chi connectivity index (χ3n) is 8.08. The van der Waals surface area contributed by atoms with E-state index in [4.69, 9.17) is 14.8 Å². The van der Waals surface area contributed by atoms with Gasteiger partial charge in [-0.25, -0.2) is 4.57 Å². The molecule has 0 radical (unpaired) electrons. The summed E-state index contributed by atoms with van der Waals surface area (Å²) in [6.07, 6.45) is 31.3. The van der Waals surface area contributed by atoms with Crippen molar-refractivity contribution < 1.29 is 33.5 Å². The summed E-state index contributed by atoms with van der Waals surface area (Å²) in [6, 6.07) is -0.992. The van der Waals surface area contributed by atoms with Crippen molar-refractivity contribution in [1.82, 2.24) is 5.32 Å². The molecule has 0 bridgehead atoms. The number of hydrogen-bond acceptors (Lipinski definition) is 7. The minimum Gasteiger partial charge on any atom is -0.393 e. The summed E-state index contributed by atoms with van der Waals surface area (Å²) in [5, 5.41) is 23.8. The van der Waals surface area contributed by atoms with Crippen LogP contribution < -0.4 is 11.1 Å². The van der Waals surface area contributed by atoms with E-state index in [-0.39, 0.29) is 19.6 Å². The molecule has 46 heavy (non-hydrogen) atoms. The fourth-order valence-electron chi connectivity index (χ4n) is 5.25. The summed E-state index contributed by atoms with van der Waals surface area (Å²) < 4.78 is 21.9. The van der Waals surface area contributed by atoms with E-state index in [0.29, 0.717) is 12.8 Å². The van der Waals surface area contributed by atoms with Crippen molar-refractivity contribution in [3.63, 3.8) is 0 Å². The first kappa shape index (κ1) is 44.9. The van der Waals surface area contributed by atoms with Gasteiger partial charge in [-0.3, -0.25) is 13.8 Å². The van der Waals surface area contributed by atoms with Crippen molar-refractivity contribution in [3.05, 3.63) is 24.3 Å². The number of hydrogen-bond donors (Lipinski definition) is 5. The quantitative estimate of drug-likeness (QED) is 0.0259. The second-order valence-corrected chi connectivity index (χ2v) is 14.1. The molecular weight excluding hydrogens is 603 g/mol. The monoisotopic (exact) mass is 674 g/mol. The fraction of sp³-hybridized carbons (Fsp3) is 0.861. The highest BCUT2D eigenvalue weighted by molar-refractivity contribution is 7.47. The van der Waals surface area contributed by atoms with Crippen LogP contribution in [0.2, 0.25) is 0 Å². The molecular formula is C36H71N2O7P. The van der Waals surface area contributed by atoms with Gasteiger partial charge in [-0.15, -0.1) is 0 Å². The van der Waals surface area contributed by atoms with Crippen LogP contribution in [0.25, 0.3) is 0 Å². The normalized spacial score (nSPS) is 15.3. The minimum absolute atomic E-state index is 0.0454. The number of carbonyl (C=O) groups excluding carboxylic acids is 1. The molecule has 0 spiro atoms. The SMILES string of the molecule is CCCCC/C=C/CC/C=C/C(O)C(COP(=O)(O)OCCN)NC(=O)CC(O)CCCCCCCCCCCCCCCCC. The first-order chi connectivity index (χ1) is 22.3. The van der Waals surface area contributed by atoms with Gasteiger partial charge in [0.15, 0.2) is 0 Å². The summed E-state index contributed by atoms with van der Waals surface area (Å²) in [5.74, 6) is -0.458. The Balaban J connectivity index is 4.37. The van der Waals surface area contributed by atoms with Gasteiger partial charge < -0.3 is 26.2 Å². The Hall–Kier alpha value is -1.06. The topological polar surface area (TPSA) is 151 Å². The van der Waals surface area contributed by atoms with E-state index in [0.717, 1.165) is 32.1 Å². The van der Waals surface area contributed by atoms with Crippen molar-refractivity contribution in [2.45, 2.75) is 180 Å². The molecule has 0 aromatic rings. The lowest BCUT2D eigenvalue weighted by Gasteiger charge is -2.24. The van der Waals surface area contributed by atoms with Crippen LogP contribution in [0.15, 0.2) is 24.3 Å². The third-order valence-corrected chi connectivity index (χ3v) is 9.07. The predicted octanol–water partition coefficient (Wildman–Crippen LogP) is 8.41. The molecule has 0 saturated heterocycles. The van der Waals surface area contributed by atoms with E-state index in [1.165, 1.54) is 96.3 Å². The second-order valence-electron chi connectivity index (χ2n) is 12.6. The van der Waals surface area contributed by atoms with E-state index in [1.54, 1.807) is 6.08 Å². The maximum atomic E-state index is 12.7. The minimum atomic E-state index is -4.39. The Morgan fingerprint density at radius 3 is 1.80 bits per heavy atom. The van der Waals surface area contributed by atoms with Gasteiger partial charge >= 0.3 is 7.82 Å². The summed E-state index contributed by atoms with van der Waals surface area (Å²) in [4.78, 5) is 22.6. The number of nitrogens with one attached hydrogen (secondary N) is 1. The Kier molecular flexibility index (Phi) is 31.7. The number of phosphoric acid groups is 1. The third kappa shape index (κ3) is 30.3. The number of aliphatic hydroxyl groups excluding tert-OH is 2. The van der Waals surface area contributed by atoms with Gasteiger partial charge in [0, 0.05) is 6.54 Å². The summed E-state index contributed by atoms with van der Waals surface area (Å²) in [7, 11) is -4.39. The number of unbranched alkanes of at least 4 members (excludes halogenated alkanes) is 18. The van der Waals surface area contributed by atoms with E-state index in [1.807, 2.05) is 6.08 Å². The molecule has 0 saturated carbocycles. The summed E-state index contributed by atoms with van der Waals surface area (Å²) in [6.45, 7) is 3.88. The highest BCUT2D eigenvalue weighted by Gasteiger charge is 2.27. The van der Waals surface area contributed by atoms with Gasteiger partial charge in [0.25, 0.3) is 0 Å². The molecule has 0 rings (SSSR count). The summed E-state index contributed by atoms with van der Waals surface area (Å²) >= 11 is 0. The fourth-order valence-corrected chi connectivity index (χ4v) is 6.01. The van der Waals surface area contributed by atoms with Crippen LogP contribution in [0.1, 0.15) is 162 Å². The van der Waals surface area contributed by atoms with Crippen molar-refractivity contribution >= 4 is 13.7 Å². The highest BCUT2D eigenvalue weighted by Crippen LogP contribution is 2.43. The van der Waals surface area contributed by atoms with E-state index < -0.39 is 38.6 Å². The number of carbonyl (C=O) groups is 1. The molecule has 10 heteroatoms. The molecule has 0 aromatic carbocycles. The zero-order valence-electron chi connectivity index (χ0n) is 29.4. The van der Waals surface area contributed by atoms with Crippen LogP contribution in [-0.2, 0) is 18.4 Å². The highest BCUT2D eigenvalue weighted by atomic mass is 31.2. The number of amides is 1. The molecule has 0 fully saturated rings. The van der Waals surface area contributed by atoms with E-state index >= 15 is 0 Å². The van der Waals surface area contributed by atoms with Gasteiger partial charge in [0.2, 0.25) is 5.91 Å². The lowest BCUT2D eigenvalue weighted by atomic mass is 10.0. The number of rotatable bonds is 34. The van der Waals surface area contributed by atoms with Crippen LogP contribution in [0.5, 0.6) is 0 Å². The maximum absolute atomic E-state index is 12.7. The van der Waals surface area contributed by atoms with Crippen LogP contribution in [0.4, 0.5) is 0 Å². The van der Waals surface area contributed by atoms with Crippen molar-refractivity contribution in [3.8, 4) is 0 Å². The average molecular weight is 675 g/mol. The Morgan fingerprint density at radius 1 is 0.739 bits per heavy atom. The number of phosphoric ester groups is 1. The Morgan fingerprint density at radius 2 is 1.24 bits per heavy atom. The van der Waals surface area contributed by atoms with Gasteiger partial charge in [-0.05, 0) is 32.1 Å². The molecule has 0 aromatic heterocycles. The van der Waals surface area contributed by atoms with Gasteiger partial charge in [0.1, 0.15) is 0 Å². The molecule has 1 amide bonds. The summed E-state index contributed by atoms with van der Waals surface area (Å²) in [5.41, 5.74) is 5.33. The zero-order chi connectivity index (χ0) is 34.1. The van der Waals surface area contributed by atoms with Gasteiger partial charge in [-0.1, -0.05) is 147 Å². The van der Waals surface area contributed by atoms with E-state index in [9.17, 15) is 24.5 Å². The molecule has 0 aliphatic heterocycles. The lowest BCUT2D eigenvalue weighted by molar-refractivity contribution is -0.124. The van der Waals surface area contributed by atoms with Crippen molar-refractivity contribution in [2.75, 3.05) is 19.8 Å². The molecule has 0 heterocycles. The first-order valence-electron chi connectivity index (χ1n) is 18.5. The largest absolute Gasteiger partial charge is 0.472 e. The molecule has 4 atom stereocenters. The van der Waals surface area contributed by atoms with Crippen molar-refractivity contribution in [1.29, 1.82) is 0 Å². The Labute approximate surface area is 281 Å².